The Hall–Kier alpha value is -2.67. The van der Waals surface area contributed by atoms with E-state index in [1.807, 2.05) is 24.3 Å². The summed E-state index contributed by atoms with van der Waals surface area (Å²) in [6.45, 7) is 11.0. The molecule has 2 rings (SSSR count). The van der Waals surface area contributed by atoms with Crippen molar-refractivity contribution in [1.29, 1.82) is 0 Å². The smallest absolute Gasteiger partial charge is 0.341 e. The van der Waals surface area contributed by atoms with Crippen LogP contribution in [0, 0.1) is 6.92 Å². The summed E-state index contributed by atoms with van der Waals surface area (Å²) < 4.78 is 10.8. The van der Waals surface area contributed by atoms with Gasteiger partial charge in [-0.1, -0.05) is 39.0 Å². The summed E-state index contributed by atoms with van der Waals surface area (Å²) in [6.07, 6.45) is 0. The molecular formula is C22H27NO5S. The highest BCUT2D eigenvalue weighted by Crippen LogP contribution is 2.34. The predicted octanol–water partition coefficient (Wildman–Crippen LogP) is 4.75. The van der Waals surface area contributed by atoms with Crippen molar-refractivity contribution in [3.63, 3.8) is 0 Å². The molecule has 1 aromatic carbocycles. The van der Waals surface area contributed by atoms with E-state index in [1.165, 1.54) is 6.92 Å². The van der Waals surface area contributed by atoms with Gasteiger partial charge in [-0.2, -0.15) is 0 Å². The number of thiophene rings is 1. The zero-order chi connectivity index (χ0) is 21.8. The van der Waals surface area contributed by atoms with Crippen LogP contribution in [0.15, 0.2) is 24.3 Å². The maximum absolute atomic E-state index is 12.5. The van der Waals surface area contributed by atoms with Crippen LogP contribution in [0.5, 0.6) is 5.75 Å². The third kappa shape index (κ3) is 5.44. The van der Waals surface area contributed by atoms with E-state index in [4.69, 9.17) is 9.47 Å². The molecule has 1 aromatic heterocycles. The van der Waals surface area contributed by atoms with Crippen LogP contribution in [-0.4, -0.2) is 30.9 Å². The van der Waals surface area contributed by atoms with E-state index < -0.39 is 11.9 Å². The molecule has 0 aliphatic carbocycles. The van der Waals surface area contributed by atoms with Gasteiger partial charge in [0.2, 0.25) is 0 Å². The largest absolute Gasteiger partial charge is 0.483 e. The van der Waals surface area contributed by atoms with Crippen LogP contribution >= 0.6 is 11.3 Å². The van der Waals surface area contributed by atoms with E-state index in [-0.39, 0.29) is 30.0 Å². The summed E-state index contributed by atoms with van der Waals surface area (Å²) in [6, 6.07) is 7.56. The van der Waals surface area contributed by atoms with Gasteiger partial charge in [-0.3, -0.25) is 9.59 Å². The fraction of sp³-hybridized carbons (Fsp3) is 0.409. The number of rotatable bonds is 7. The van der Waals surface area contributed by atoms with Gasteiger partial charge in [-0.15, -0.1) is 11.3 Å². The molecule has 1 heterocycles. The molecule has 0 saturated heterocycles. The van der Waals surface area contributed by atoms with Crippen LogP contribution in [0.25, 0.3) is 0 Å². The average Bonchev–Trinajstić information content (AvgIpc) is 2.96. The highest BCUT2D eigenvalue weighted by molar-refractivity contribution is 7.18. The topological polar surface area (TPSA) is 81.7 Å². The molecule has 156 valence electrons. The fourth-order valence-electron chi connectivity index (χ4n) is 2.90. The SMILES string of the molecule is CCOC(=O)c1c(NC(=O)COc2ccccc2C(C)(C)C)sc(C(C)=O)c1C. The lowest BCUT2D eigenvalue weighted by Crippen LogP contribution is -2.22. The summed E-state index contributed by atoms with van der Waals surface area (Å²) in [4.78, 5) is 37.1. The molecule has 2 aromatic rings. The maximum Gasteiger partial charge on any atom is 0.341 e. The van der Waals surface area contributed by atoms with Gasteiger partial charge in [0, 0.05) is 0 Å². The van der Waals surface area contributed by atoms with Gasteiger partial charge in [0.25, 0.3) is 5.91 Å². The van der Waals surface area contributed by atoms with Crippen molar-refractivity contribution in [2.75, 3.05) is 18.5 Å². The molecule has 0 unspecified atom stereocenters. The molecule has 1 N–H and O–H groups in total. The minimum Gasteiger partial charge on any atom is -0.483 e. The van der Waals surface area contributed by atoms with Crippen LogP contribution in [-0.2, 0) is 14.9 Å². The quantitative estimate of drug-likeness (QED) is 0.519. The van der Waals surface area contributed by atoms with Crippen molar-refractivity contribution < 1.29 is 23.9 Å². The Bertz CT molecular complexity index is 924. The first-order valence-electron chi connectivity index (χ1n) is 9.39. The van der Waals surface area contributed by atoms with Crippen molar-refractivity contribution in [3.8, 4) is 5.75 Å². The highest BCUT2D eigenvalue weighted by Gasteiger charge is 2.25. The second-order valence-electron chi connectivity index (χ2n) is 7.62. The van der Waals surface area contributed by atoms with E-state index in [0.29, 0.717) is 21.2 Å². The molecule has 7 heteroatoms. The number of esters is 1. The van der Waals surface area contributed by atoms with Crippen molar-refractivity contribution in [1.82, 2.24) is 0 Å². The Morgan fingerprint density at radius 1 is 1.14 bits per heavy atom. The molecule has 0 atom stereocenters. The number of benzene rings is 1. The zero-order valence-corrected chi connectivity index (χ0v) is 18.5. The van der Waals surface area contributed by atoms with E-state index in [1.54, 1.807) is 13.8 Å². The summed E-state index contributed by atoms with van der Waals surface area (Å²) in [5, 5.41) is 2.99. The van der Waals surface area contributed by atoms with E-state index >= 15 is 0 Å². The minimum absolute atomic E-state index is 0.134. The van der Waals surface area contributed by atoms with Gasteiger partial charge in [0.05, 0.1) is 17.0 Å². The van der Waals surface area contributed by atoms with Gasteiger partial charge in [0.1, 0.15) is 10.8 Å². The number of hydrogen-bond acceptors (Lipinski definition) is 6. The predicted molar refractivity (Wildman–Crippen MR) is 114 cm³/mol. The molecular weight excluding hydrogens is 390 g/mol. The number of amides is 1. The fourth-order valence-corrected chi connectivity index (χ4v) is 4.01. The molecule has 29 heavy (non-hydrogen) atoms. The first kappa shape index (κ1) is 22.6. The number of carbonyl (C=O) groups excluding carboxylic acids is 3. The van der Waals surface area contributed by atoms with Crippen molar-refractivity contribution in [2.24, 2.45) is 0 Å². The minimum atomic E-state index is -0.567. The number of hydrogen-bond donors (Lipinski definition) is 1. The molecule has 0 saturated carbocycles. The van der Waals surface area contributed by atoms with Crippen LogP contribution in [0.1, 0.15) is 65.8 Å². The Kier molecular flexibility index (Phi) is 7.19. The van der Waals surface area contributed by atoms with Crippen LogP contribution in [0.3, 0.4) is 0 Å². The molecule has 0 aliphatic rings. The van der Waals surface area contributed by atoms with Gasteiger partial charge >= 0.3 is 5.97 Å². The molecule has 0 aliphatic heterocycles. The first-order chi connectivity index (χ1) is 13.6. The number of carbonyl (C=O) groups is 3. The number of nitrogens with one attached hydrogen (secondary N) is 1. The van der Waals surface area contributed by atoms with E-state index in [2.05, 4.69) is 26.1 Å². The molecule has 0 fully saturated rings. The third-order valence-corrected chi connectivity index (χ3v) is 5.56. The van der Waals surface area contributed by atoms with E-state index in [9.17, 15) is 14.4 Å². The molecule has 6 nitrogen and oxygen atoms in total. The highest BCUT2D eigenvalue weighted by atomic mass is 32.1. The number of ether oxygens (including phenoxy) is 2. The molecule has 0 spiro atoms. The first-order valence-corrected chi connectivity index (χ1v) is 10.2. The summed E-state index contributed by atoms with van der Waals surface area (Å²) in [7, 11) is 0. The molecule has 1 amide bonds. The maximum atomic E-state index is 12.5. The molecule has 0 bridgehead atoms. The molecule has 0 radical (unpaired) electrons. The Morgan fingerprint density at radius 2 is 1.79 bits per heavy atom. The lowest BCUT2D eigenvalue weighted by Gasteiger charge is -2.22. The summed E-state index contributed by atoms with van der Waals surface area (Å²) in [5.41, 5.74) is 1.58. The lowest BCUT2D eigenvalue weighted by molar-refractivity contribution is -0.118. The van der Waals surface area contributed by atoms with Gasteiger partial charge < -0.3 is 14.8 Å². The Morgan fingerprint density at radius 3 is 2.38 bits per heavy atom. The van der Waals surface area contributed by atoms with Crippen LogP contribution < -0.4 is 10.1 Å². The number of para-hydroxylation sites is 1. The standard InChI is InChI=1S/C22H27NO5S/c1-7-27-21(26)18-13(2)19(14(3)24)29-20(18)23-17(25)12-28-16-11-9-8-10-15(16)22(4,5)6/h8-11H,7,12H2,1-6H3,(H,23,25). The Balaban J connectivity index is 2.21. The number of anilines is 1. The second-order valence-corrected chi connectivity index (χ2v) is 8.64. The number of Topliss-reactive ketones (excluding diaryl/α,β-unsaturated/α-hetero) is 1. The van der Waals surface area contributed by atoms with Gasteiger partial charge in [-0.25, -0.2) is 4.79 Å². The normalized spacial score (nSPS) is 11.1. The van der Waals surface area contributed by atoms with Crippen molar-refractivity contribution >= 4 is 34.0 Å². The van der Waals surface area contributed by atoms with Crippen LogP contribution in [0.2, 0.25) is 0 Å². The van der Waals surface area contributed by atoms with Gasteiger partial charge in [0.15, 0.2) is 12.4 Å². The average molecular weight is 418 g/mol. The van der Waals surface area contributed by atoms with Crippen LogP contribution in [0.4, 0.5) is 5.00 Å². The second kappa shape index (κ2) is 9.22. The van der Waals surface area contributed by atoms with Gasteiger partial charge in [-0.05, 0) is 43.4 Å². The van der Waals surface area contributed by atoms with Crippen molar-refractivity contribution in [3.05, 3.63) is 45.8 Å². The monoisotopic (exact) mass is 417 g/mol. The van der Waals surface area contributed by atoms with Crippen molar-refractivity contribution in [2.45, 2.75) is 47.0 Å². The summed E-state index contributed by atoms with van der Waals surface area (Å²) >= 11 is 1.07. The lowest BCUT2D eigenvalue weighted by atomic mass is 9.86. The third-order valence-electron chi connectivity index (χ3n) is 4.25. The zero-order valence-electron chi connectivity index (χ0n) is 17.7. The number of ketones is 1. The Labute approximate surface area is 175 Å². The summed E-state index contributed by atoms with van der Waals surface area (Å²) in [5.74, 6) is -0.528. The van der Waals surface area contributed by atoms with E-state index in [0.717, 1.165) is 16.9 Å².